The number of rotatable bonds is 9. The van der Waals surface area contributed by atoms with E-state index in [2.05, 4.69) is 60.2 Å². The summed E-state index contributed by atoms with van der Waals surface area (Å²) in [6.07, 6.45) is 0. The van der Waals surface area contributed by atoms with Crippen LogP contribution in [0.1, 0.15) is 102 Å². The van der Waals surface area contributed by atoms with E-state index in [0.29, 0.717) is 46.5 Å². The van der Waals surface area contributed by atoms with Crippen LogP contribution in [0.15, 0.2) is 72.8 Å². The zero-order valence-electron chi connectivity index (χ0n) is 29.7. The van der Waals surface area contributed by atoms with Crippen molar-refractivity contribution in [3.63, 3.8) is 0 Å². The summed E-state index contributed by atoms with van der Waals surface area (Å²) in [5.41, 5.74) is 4.74. The Morgan fingerprint density at radius 3 is 1.00 bits per heavy atom. The zero-order valence-corrected chi connectivity index (χ0v) is 29.7. The van der Waals surface area contributed by atoms with Crippen LogP contribution in [0, 0.1) is 6.57 Å². The first kappa shape index (κ1) is 34.1. The average molecular weight is 661 g/mol. The van der Waals surface area contributed by atoms with Gasteiger partial charge in [0, 0.05) is 51.5 Å². The highest BCUT2D eigenvalue weighted by Gasteiger charge is 2.18. The first-order valence-electron chi connectivity index (χ1n) is 17.0. The highest BCUT2D eigenvalue weighted by Crippen LogP contribution is 2.30. The van der Waals surface area contributed by atoms with Gasteiger partial charge in [0.15, 0.2) is 34.8 Å². The fourth-order valence-corrected chi connectivity index (χ4v) is 5.15. The first-order valence-corrected chi connectivity index (χ1v) is 17.0. The number of hydrogen-bond donors (Lipinski definition) is 0. The van der Waals surface area contributed by atoms with Crippen LogP contribution in [0.25, 0.3) is 61.8 Å². The van der Waals surface area contributed by atoms with Gasteiger partial charge in [-0.2, -0.15) is 0 Å². The van der Waals surface area contributed by atoms with Gasteiger partial charge in [-0.25, -0.2) is 49.7 Å². The highest BCUT2D eigenvalue weighted by molar-refractivity contribution is 5.71. The molecule has 0 atom stereocenters. The van der Waals surface area contributed by atoms with Crippen LogP contribution in [0.3, 0.4) is 0 Å². The second-order valence-electron chi connectivity index (χ2n) is 13.5. The van der Waals surface area contributed by atoms with Crippen molar-refractivity contribution in [3.8, 4) is 56.9 Å². The quantitative estimate of drug-likeness (QED) is 0.140. The van der Waals surface area contributed by atoms with Gasteiger partial charge in [0.05, 0.1) is 6.57 Å². The van der Waals surface area contributed by atoms with Crippen LogP contribution >= 0.6 is 0 Å². The van der Waals surface area contributed by atoms with Crippen molar-refractivity contribution in [1.82, 2.24) is 44.9 Å². The first-order chi connectivity index (χ1) is 24.0. The van der Waals surface area contributed by atoms with Crippen LogP contribution in [-0.4, -0.2) is 44.9 Å². The van der Waals surface area contributed by atoms with Gasteiger partial charge >= 0.3 is 0 Å². The molecule has 10 heteroatoms. The monoisotopic (exact) mass is 660 g/mol. The maximum Gasteiger partial charge on any atom is 0.187 e. The van der Waals surface area contributed by atoms with Gasteiger partial charge in [-0.15, -0.1) is 0 Å². The zero-order chi connectivity index (χ0) is 35.5. The lowest BCUT2D eigenvalue weighted by Gasteiger charge is -2.13. The van der Waals surface area contributed by atoms with Gasteiger partial charge in [0.25, 0.3) is 0 Å². The molecule has 0 bridgehead atoms. The van der Waals surface area contributed by atoms with Gasteiger partial charge in [-0.1, -0.05) is 116 Å². The number of nitrogens with zero attached hydrogens (tertiary/aromatic N) is 10. The predicted molar refractivity (Wildman–Crippen MR) is 196 cm³/mol. The van der Waals surface area contributed by atoms with E-state index in [1.807, 2.05) is 60.7 Å². The van der Waals surface area contributed by atoms with Gasteiger partial charge in [0.2, 0.25) is 0 Å². The molecule has 0 unspecified atom stereocenters. The molecule has 0 saturated carbocycles. The Morgan fingerprint density at radius 1 is 0.380 bits per heavy atom. The summed E-state index contributed by atoms with van der Waals surface area (Å²) in [5, 5.41) is 0. The third-order valence-electron chi connectivity index (χ3n) is 8.05. The molecule has 0 aliphatic carbocycles. The highest BCUT2D eigenvalue weighted by atomic mass is 15.1. The summed E-state index contributed by atoms with van der Waals surface area (Å²) >= 11 is 0. The molecule has 0 aliphatic rings. The second-order valence-corrected chi connectivity index (χ2v) is 13.5. The van der Waals surface area contributed by atoms with Gasteiger partial charge in [-0.3, -0.25) is 0 Å². The van der Waals surface area contributed by atoms with E-state index in [0.717, 1.165) is 39.5 Å². The molecule has 250 valence electrons. The largest absolute Gasteiger partial charge is 0.238 e. The summed E-state index contributed by atoms with van der Waals surface area (Å²) in [7, 11) is 0. The Morgan fingerprint density at radius 2 is 0.680 bits per heavy atom. The van der Waals surface area contributed by atoms with Crippen molar-refractivity contribution < 1.29 is 0 Å². The molecule has 10 nitrogen and oxygen atoms in total. The van der Waals surface area contributed by atoms with E-state index < -0.39 is 0 Å². The minimum Gasteiger partial charge on any atom is -0.238 e. The molecule has 0 spiro atoms. The summed E-state index contributed by atoms with van der Waals surface area (Å²) in [6, 6.07) is 23.3. The normalized spacial score (nSPS) is 11.5. The van der Waals surface area contributed by atoms with Gasteiger partial charge in [0.1, 0.15) is 23.3 Å². The van der Waals surface area contributed by atoms with Crippen molar-refractivity contribution in [2.45, 2.75) is 79.1 Å². The molecule has 0 fully saturated rings. The third kappa shape index (κ3) is 7.42. The molecule has 50 heavy (non-hydrogen) atoms. The van der Waals surface area contributed by atoms with Crippen LogP contribution < -0.4 is 0 Å². The Labute approximate surface area is 293 Å². The van der Waals surface area contributed by atoms with Crippen LogP contribution in [-0.2, 0) is 0 Å². The van der Waals surface area contributed by atoms with Crippen LogP contribution in [0.2, 0.25) is 0 Å². The van der Waals surface area contributed by atoms with Crippen LogP contribution in [0.4, 0.5) is 5.69 Å². The maximum absolute atomic E-state index is 7.29. The third-order valence-corrected chi connectivity index (χ3v) is 8.05. The molecule has 3 heterocycles. The molecule has 6 aromatic rings. The lowest BCUT2D eigenvalue weighted by Crippen LogP contribution is -2.08. The summed E-state index contributed by atoms with van der Waals surface area (Å²) in [4.78, 5) is 47.1. The molecule has 6 rings (SSSR count). The predicted octanol–water partition coefficient (Wildman–Crippen LogP) is 9.62. The summed E-state index contributed by atoms with van der Waals surface area (Å²) in [6.45, 7) is 23.9. The number of hydrogen-bond acceptors (Lipinski definition) is 9. The fourth-order valence-electron chi connectivity index (χ4n) is 5.15. The Bertz CT molecular complexity index is 2170. The number of aromatic nitrogens is 9. The van der Waals surface area contributed by atoms with Crippen molar-refractivity contribution in [2.24, 2.45) is 0 Å². The molecule has 0 amide bonds. The summed E-state index contributed by atoms with van der Waals surface area (Å²) < 4.78 is 0. The van der Waals surface area contributed by atoms with E-state index in [1.165, 1.54) is 0 Å². The summed E-state index contributed by atoms with van der Waals surface area (Å²) in [5.74, 6) is 6.32. The molecular formula is C40H40N10. The minimum atomic E-state index is 0.0709. The standard InChI is InChI=1S/C40H40N10/c1-22(2)32-42-33(23(3)4)45-37(44-32)27-12-10-14-29(20-27)39-47-35(25(7)8)48-40(50-39)30-15-11-13-28(21-30)38-46-34(24(5)6)43-36(49-38)26-16-18-31(41-9)19-17-26/h10-25H,1-8H3. The lowest BCUT2D eigenvalue weighted by molar-refractivity contribution is 0.697. The van der Waals surface area contributed by atoms with E-state index in [4.69, 9.17) is 51.4 Å². The topological polar surface area (TPSA) is 120 Å². The van der Waals surface area contributed by atoms with E-state index in [9.17, 15) is 0 Å². The molecule has 3 aromatic heterocycles. The van der Waals surface area contributed by atoms with Crippen molar-refractivity contribution in [2.75, 3.05) is 0 Å². The van der Waals surface area contributed by atoms with Crippen LogP contribution in [0.5, 0.6) is 0 Å². The Kier molecular flexibility index (Phi) is 9.77. The average Bonchev–Trinajstić information content (AvgIpc) is 3.14. The minimum absolute atomic E-state index is 0.0709. The van der Waals surface area contributed by atoms with E-state index >= 15 is 0 Å². The van der Waals surface area contributed by atoms with Crippen molar-refractivity contribution >= 4 is 5.69 Å². The Balaban J connectivity index is 1.42. The SMILES string of the molecule is [C-]#[N+]c1ccc(-c2nc(-c3cccc(-c4nc(-c5cccc(-c6nc(C(C)C)nc(C(C)C)n6)c5)nc(C(C)C)n4)c3)nc(C(C)C)n2)cc1. The molecule has 0 saturated heterocycles. The molecule has 0 N–H and O–H groups in total. The Hall–Kier alpha value is -5.82. The van der Waals surface area contributed by atoms with E-state index in [1.54, 1.807) is 12.1 Å². The van der Waals surface area contributed by atoms with Gasteiger partial charge in [-0.05, 0) is 12.1 Å². The molecular weight excluding hydrogens is 621 g/mol. The van der Waals surface area contributed by atoms with Gasteiger partial charge < -0.3 is 0 Å². The molecule has 0 radical (unpaired) electrons. The fraction of sp³-hybridized carbons (Fsp3) is 0.300. The second kappa shape index (κ2) is 14.3. The lowest BCUT2D eigenvalue weighted by atomic mass is 10.1. The maximum atomic E-state index is 7.29. The molecule has 0 aliphatic heterocycles. The smallest absolute Gasteiger partial charge is 0.187 e. The number of benzene rings is 3. The van der Waals surface area contributed by atoms with E-state index in [-0.39, 0.29) is 23.7 Å². The van der Waals surface area contributed by atoms with Crippen molar-refractivity contribution in [1.29, 1.82) is 0 Å². The van der Waals surface area contributed by atoms with Crippen molar-refractivity contribution in [3.05, 3.63) is 108 Å². The molecule has 3 aromatic carbocycles.